The summed E-state index contributed by atoms with van der Waals surface area (Å²) in [6.45, 7) is 10.3. The van der Waals surface area contributed by atoms with Gasteiger partial charge in [0.15, 0.2) is 5.13 Å². The average molecular weight is 768 g/mol. The van der Waals surface area contributed by atoms with Crippen LogP contribution in [0.1, 0.15) is 21.1 Å². The summed E-state index contributed by atoms with van der Waals surface area (Å²) in [6.07, 6.45) is 2.99. The van der Waals surface area contributed by atoms with Crippen LogP contribution in [-0.2, 0) is 4.79 Å². The average Bonchev–Trinajstić information content (AvgIpc) is 3.58. The van der Waals surface area contributed by atoms with E-state index in [2.05, 4.69) is 45.3 Å². The number of likely N-dealkylation sites (tertiary alicyclic amines) is 1. The smallest absolute Gasteiger partial charge is 0.332 e. The van der Waals surface area contributed by atoms with Crippen molar-refractivity contribution in [1.82, 2.24) is 34.3 Å². The Morgan fingerprint density at radius 2 is 1.67 bits per heavy atom. The van der Waals surface area contributed by atoms with E-state index >= 15 is 0 Å². The van der Waals surface area contributed by atoms with Gasteiger partial charge in [-0.15, -0.1) is 0 Å². The molecular formula is C37H38ClN11O4S. The van der Waals surface area contributed by atoms with Crippen molar-refractivity contribution in [3.8, 4) is 5.69 Å². The maximum absolute atomic E-state index is 13.2. The van der Waals surface area contributed by atoms with E-state index in [0.29, 0.717) is 44.6 Å². The van der Waals surface area contributed by atoms with Crippen molar-refractivity contribution in [1.29, 1.82) is 0 Å². The van der Waals surface area contributed by atoms with E-state index in [4.69, 9.17) is 11.6 Å². The first-order chi connectivity index (χ1) is 26.0. The molecule has 0 saturated carbocycles. The monoisotopic (exact) mass is 767 g/mol. The number of hydrogen-bond acceptors (Lipinski definition) is 12. The van der Waals surface area contributed by atoms with Crippen molar-refractivity contribution in [3.63, 3.8) is 0 Å². The van der Waals surface area contributed by atoms with E-state index < -0.39 is 11.2 Å². The van der Waals surface area contributed by atoms with E-state index in [9.17, 15) is 19.2 Å². The van der Waals surface area contributed by atoms with Crippen molar-refractivity contribution < 1.29 is 9.59 Å². The summed E-state index contributed by atoms with van der Waals surface area (Å²) in [7, 11) is 0. The predicted octanol–water partition coefficient (Wildman–Crippen LogP) is 3.51. The van der Waals surface area contributed by atoms with Crippen molar-refractivity contribution in [2.75, 3.05) is 79.3 Å². The van der Waals surface area contributed by atoms with Gasteiger partial charge in [0.2, 0.25) is 5.91 Å². The van der Waals surface area contributed by atoms with Gasteiger partial charge in [-0.3, -0.25) is 28.8 Å². The second-order valence-corrected chi connectivity index (χ2v) is 15.5. The lowest BCUT2D eigenvalue weighted by Crippen LogP contribution is -2.73. The summed E-state index contributed by atoms with van der Waals surface area (Å²) in [5.41, 5.74) is 2.42. The molecule has 3 saturated heterocycles. The Balaban J connectivity index is 0.791. The van der Waals surface area contributed by atoms with Crippen molar-refractivity contribution >= 4 is 62.9 Å². The number of nitrogens with one attached hydrogen (secondary N) is 3. The molecule has 8 rings (SSSR count). The molecule has 5 aromatic rings. The third-order valence-electron chi connectivity index (χ3n) is 10.1. The number of carbonyl (C=O) groups excluding carboxylic acids is 2. The summed E-state index contributed by atoms with van der Waals surface area (Å²) in [6, 6.07) is 16.3. The number of carbonyl (C=O) groups is 2. The fraction of sp³-hybridized carbons (Fsp3) is 0.324. The number of halogens is 1. The van der Waals surface area contributed by atoms with Gasteiger partial charge in [0.05, 0.1) is 29.1 Å². The molecule has 6 heterocycles. The molecule has 17 heteroatoms. The van der Waals surface area contributed by atoms with Crippen LogP contribution >= 0.6 is 22.9 Å². The summed E-state index contributed by atoms with van der Waals surface area (Å²) in [5.74, 6) is 1.85. The van der Waals surface area contributed by atoms with Gasteiger partial charge in [0.25, 0.3) is 11.5 Å². The maximum atomic E-state index is 13.2. The molecule has 3 N–H and O–H groups in total. The second-order valence-electron chi connectivity index (χ2n) is 14.1. The van der Waals surface area contributed by atoms with Crippen molar-refractivity contribution in [3.05, 3.63) is 109 Å². The second kappa shape index (κ2) is 14.3. The Kier molecular flexibility index (Phi) is 9.41. The van der Waals surface area contributed by atoms with Crippen LogP contribution < -0.4 is 31.7 Å². The van der Waals surface area contributed by atoms with E-state index in [1.165, 1.54) is 34.4 Å². The predicted molar refractivity (Wildman–Crippen MR) is 209 cm³/mol. The maximum Gasteiger partial charge on any atom is 0.332 e. The van der Waals surface area contributed by atoms with Crippen LogP contribution in [0.4, 0.5) is 28.1 Å². The fourth-order valence-corrected chi connectivity index (χ4v) is 8.23. The Morgan fingerprint density at radius 1 is 0.926 bits per heavy atom. The van der Waals surface area contributed by atoms with Gasteiger partial charge in [0, 0.05) is 81.8 Å². The minimum atomic E-state index is -0.472. The van der Waals surface area contributed by atoms with Gasteiger partial charge in [-0.1, -0.05) is 35.1 Å². The SMILES string of the molecule is Cc1nc(Nc2ncc(C(=O)Nc3c(C)cccc3Cl)s2)cc(N2CCN(CC(=O)N3CC4(C3)CN(c3ccc(-n5ccc(=O)[nH]c5=O)cc3)C4)CC2)n1. The number of hydrogen-bond donors (Lipinski definition) is 3. The van der Waals surface area contributed by atoms with Crippen LogP contribution in [-0.4, -0.2) is 105 Å². The molecule has 0 aliphatic carbocycles. The number of piperazine rings is 1. The molecule has 54 heavy (non-hydrogen) atoms. The molecule has 3 aliphatic heterocycles. The van der Waals surface area contributed by atoms with Crippen LogP contribution in [0.15, 0.2) is 76.6 Å². The summed E-state index contributed by atoms with van der Waals surface area (Å²) in [4.78, 5) is 74.6. The number of aromatic amines is 1. The molecule has 2 amide bonds. The molecule has 2 aromatic carbocycles. The topological polar surface area (TPSA) is 165 Å². The van der Waals surface area contributed by atoms with E-state index in [0.717, 1.165) is 69.4 Å². The molecule has 0 atom stereocenters. The lowest BCUT2D eigenvalue weighted by Gasteiger charge is -2.61. The largest absolute Gasteiger partial charge is 0.370 e. The Bertz CT molecular complexity index is 2320. The first-order valence-electron chi connectivity index (χ1n) is 17.6. The first-order valence-corrected chi connectivity index (χ1v) is 18.8. The standard InChI is InChI=1S/C37H38ClN11O4S/c1-23-4-3-5-27(38)33(23)44-34(52)28-17-39-35(54-28)42-29-16-30(41-24(2)40-29)46-14-12-45(13-15-46)18-32(51)48-21-37(22-48)19-47(20-37)25-6-8-26(9-7-25)49-11-10-31(50)43-36(49)53/h3-11,16-17H,12-15,18-22H2,1-2H3,(H,44,52)(H,43,50,53)(H,39,40,41,42). The lowest BCUT2D eigenvalue weighted by molar-refractivity contribution is -0.146. The number of rotatable bonds is 9. The molecule has 3 fully saturated rings. The molecule has 0 radical (unpaired) electrons. The normalized spacial score (nSPS) is 16.5. The van der Waals surface area contributed by atoms with Gasteiger partial charge in [-0.05, 0) is 49.7 Å². The molecule has 3 aliphatic rings. The van der Waals surface area contributed by atoms with Gasteiger partial charge >= 0.3 is 5.69 Å². The number of para-hydroxylation sites is 1. The highest BCUT2D eigenvalue weighted by atomic mass is 35.5. The van der Waals surface area contributed by atoms with Gasteiger partial charge in [-0.2, -0.15) is 0 Å². The summed E-state index contributed by atoms with van der Waals surface area (Å²) >= 11 is 7.51. The quantitative estimate of drug-likeness (QED) is 0.201. The number of H-pyrrole nitrogens is 1. The molecule has 0 unspecified atom stereocenters. The highest BCUT2D eigenvalue weighted by Crippen LogP contribution is 2.42. The van der Waals surface area contributed by atoms with Crippen LogP contribution in [0.2, 0.25) is 5.02 Å². The number of aromatic nitrogens is 5. The highest BCUT2D eigenvalue weighted by Gasteiger charge is 2.53. The molecule has 0 bridgehead atoms. The van der Waals surface area contributed by atoms with Crippen LogP contribution in [0.5, 0.6) is 0 Å². The Labute approximate surface area is 319 Å². The fourth-order valence-electron chi connectivity index (χ4n) is 7.25. The van der Waals surface area contributed by atoms with E-state index in [1.54, 1.807) is 6.07 Å². The van der Waals surface area contributed by atoms with Gasteiger partial charge < -0.3 is 25.3 Å². The van der Waals surface area contributed by atoms with Crippen molar-refractivity contribution in [2.24, 2.45) is 5.41 Å². The van der Waals surface area contributed by atoms with E-state index in [-0.39, 0.29) is 17.2 Å². The zero-order chi connectivity index (χ0) is 37.6. The zero-order valence-electron chi connectivity index (χ0n) is 29.7. The zero-order valence-corrected chi connectivity index (χ0v) is 31.3. The molecule has 278 valence electrons. The number of thiazole rings is 1. The number of anilines is 5. The molecular weight excluding hydrogens is 730 g/mol. The number of amides is 2. The first kappa shape index (κ1) is 35.4. The minimum absolute atomic E-state index is 0.127. The Morgan fingerprint density at radius 3 is 2.39 bits per heavy atom. The molecule has 15 nitrogen and oxygen atoms in total. The van der Waals surface area contributed by atoms with Crippen LogP contribution in [0.25, 0.3) is 5.69 Å². The van der Waals surface area contributed by atoms with Gasteiger partial charge in [-0.25, -0.2) is 19.7 Å². The van der Waals surface area contributed by atoms with E-state index in [1.807, 2.05) is 61.2 Å². The van der Waals surface area contributed by atoms with Crippen LogP contribution in [0, 0.1) is 19.3 Å². The third kappa shape index (κ3) is 7.31. The number of aryl methyl sites for hydroxylation is 2. The minimum Gasteiger partial charge on any atom is -0.370 e. The lowest BCUT2D eigenvalue weighted by atomic mass is 9.72. The molecule has 3 aromatic heterocycles. The summed E-state index contributed by atoms with van der Waals surface area (Å²) < 4.78 is 1.40. The Hall–Kier alpha value is -5.58. The number of nitrogens with zero attached hydrogens (tertiary/aromatic N) is 8. The molecule has 1 spiro atoms. The third-order valence-corrected chi connectivity index (χ3v) is 11.3. The number of benzene rings is 2. The summed E-state index contributed by atoms with van der Waals surface area (Å²) in [5, 5.41) is 7.11. The van der Waals surface area contributed by atoms with Gasteiger partial charge in [0.1, 0.15) is 22.3 Å². The van der Waals surface area contributed by atoms with Crippen molar-refractivity contribution in [2.45, 2.75) is 13.8 Å². The highest BCUT2D eigenvalue weighted by molar-refractivity contribution is 7.17. The van der Waals surface area contributed by atoms with Crippen LogP contribution in [0.3, 0.4) is 0 Å².